The number of hydrogen-bond acceptors (Lipinski definition) is 4. The number of anilines is 2. The molecule has 0 aromatic heterocycles. The van der Waals surface area contributed by atoms with E-state index in [9.17, 15) is 8.42 Å². The number of benzene rings is 2. The molecule has 0 bridgehead atoms. The van der Waals surface area contributed by atoms with Gasteiger partial charge in [0, 0.05) is 49.1 Å². The number of para-hydroxylation sites is 2. The van der Waals surface area contributed by atoms with E-state index in [-0.39, 0.29) is 0 Å². The monoisotopic (exact) mass is 375 g/mol. The maximum atomic E-state index is 13.2. The van der Waals surface area contributed by atoms with Crippen molar-refractivity contribution in [3.63, 3.8) is 0 Å². The number of nitrogens with zero attached hydrogens (tertiary/aromatic N) is 3. The molecule has 4 rings (SSSR count). The number of fused-ring (bicyclic) bond motifs is 1. The summed E-state index contributed by atoms with van der Waals surface area (Å²) in [6.07, 6.45) is 0. The minimum Gasteiger partial charge on any atom is -0.369 e. The Morgan fingerprint density at radius 3 is 2.24 bits per heavy atom. The van der Waals surface area contributed by atoms with E-state index in [2.05, 4.69) is 17.0 Å². The summed E-state index contributed by atoms with van der Waals surface area (Å²) in [5.74, 6) is 0.792. The predicted octanol–water partition coefficient (Wildman–Crippen LogP) is 2.67. The van der Waals surface area contributed by atoms with Crippen LogP contribution in [0.3, 0.4) is 0 Å². The summed E-state index contributed by atoms with van der Waals surface area (Å²) >= 11 is 1.72. The van der Waals surface area contributed by atoms with E-state index in [1.807, 2.05) is 42.5 Å². The van der Waals surface area contributed by atoms with Gasteiger partial charge in [-0.25, -0.2) is 0 Å². The van der Waals surface area contributed by atoms with E-state index in [0.29, 0.717) is 32.7 Å². The van der Waals surface area contributed by atoms with E-state index >= 15 is 0 Å². The van der Waals surface area contributed by atoms with Crippen LogP contribution in [-0.4, -0.2) is 51.2 Å². The van der Waals surface area contributed by atoms with Crippen LogP contribution in [0.15, 0.2) is 59.5 Å². The van der Waals surface area contributed by atoms with Crippen LogP contribution in [0.5, 0.6) is 0 Å². The largest absolute Gasteiger partial charge is 0.369 e. The Hall–Kier alpha value is -1.70. The van der Waals surface area contributed by atoms with E-state index in [4.69, 9.17) is 0 Å². The maximum Gasteiger partial charge on any atom is 0.304 e. The summed E-state index contributed by atoms with van der Waals surface area (Å²) < 4.78 is 29.5. The van der Waals surface area contributed by atoms with Crippen LogP contribution in [-0.2, 0) is 10.2 Å². The average Bonchev–Trinajstić information content (AvgIpc) is 2.68. The van der Waals surface area contributed by atoms with Crippen LogP contribution in [0.1, 0.15) is 0 Å². The summed E-state index contributed by atoms with van der Waals surface area (Å²) in [6.45, 7) is 3.00. The number of hydrogen-bond donors (Lipinski definition) is 0. The number of piperazine rings is 1. The summed E-state index contributed by atoms with van der Waals surface area (Å²) in [5.41, 5.74) is 1.96. The number of rotatable bonds is 3. The van der Waals surface area contributed by atoms with Crippen molar-refractivity contribution in [3.8, 4) is 0 Å². The van der Waals surface area contributed by atoms with Crippen molar-refractivity contribution < 1.29 is 8.42 Å². The normalized spacial score (nSPS) is 18.9. The molecule has 7 heteroatoms. The molecule has 0 unspecified atom stereocenters. The van der Waals surface area contributed by atoms with Gasteiger partial charge in [-0.15, -0.1) is 11.8 Å². The van der Waals surface area contributed by atoms with E-state index in [1.54, 1.807) is 20.4 Å². The van der Waals surface area contributed by atoms with Crippen LogP contribution in [0, 0.1) is 0 Å². The van der Waals surface area contributed by atoms with Gasteiger partial charge in [0.05, 0.1) is 5.69 Å². The third-order valence-corrected chi connectivity index (χ3v) is 7.65. The SMILES string of the molecule is O=S(=O)(N1CCN(c2ccccc2)CC1)N1CCSc2ccccc21. The smallest absolute Gasteiger partial charge is 0.304 e. The Kier molecular flexibility index (Phi) is 4.62. The molecule has 2 aromatic carbocycles. The van der Waals surface area contributed by atoms with Crippen molar-refractivity contribution in [1.82, 2.24) is 4.31 Å². The Balaban J connectivity index is 1.51. The van der Waals surface area contributed by atoms with Gasteiger partial charge in [0.15, 0.2) is 0 Å². The van der Waals surface area contributed by atoms with Crippen LogP contribution >= 0.6 is 11.8 Å². The van der Waals surface area contributed by atoms with Crippen LogP contribution < -0.4 is 9.21 Å². The molecule has 2 aromatic rings. The Morgan fingerprint density at radius 1 is 0.800 bits per heavy atom. The summed E-state index contributed by atoms with van der Waals surface area (Å²) in [6, 6.07) is 17.9. The van der Waals surface area contributed by atoms with E-state index in [0.717, 1.165) is 22.0 Å². The highest BCUT2D eigenvalue weighted by atomic mass is 32.2. The first-order valence-electron chi connectivity index (χ1n) is 8.46. The lowest BCUT2D eigenvalue weighted by molar-refractivity contribution is 0.383. The first-order chi connectivity index (χ1) is 12.2. The third kappa shape index (κ3) is 3.23. The fraction of sp³-hybridized carbons (Fsp3) is 0.333. The van der Waals surface area contributed by atoms with Gasteiger partial charge < -0.3 is 4.90 Å². The van der Waals surface area contributed by atoms with Crippen molar-refractivity contribution in [2.24, 2.45) is 0 Å². The lowest BCUT2D eigenvalue weighted by atomic mass is 10.2. The highest BCUT2D eigenvalue weighted by molar-refractivity contribution is 7.99. The van der Waals surface area contributed by atoms with Gasteiger partial charge in [-0.2, -0.15) is 12.7 Å². The van der Waals surface area contributed by atoms with Crippen LogP contribution in [0.25, 0.3) is 0 Å². The van der Waals surface area contributed by atoms with Gasteiger partial charge in [-0.3, -0.25) is 4.31 Å². The van der Waals surface area contributed by atoms with E-state index < -0.39 is 10.2 Å². The van der Waals surface area contributed by atoms with Crippen LogP contribution in [0.2, 0.25) is 0 Å². The van der Waals surface area contributed by atoms with Crippen molar-refractivity contribution in [2.75, 3.05) is 47.7 Å². The second kappa shape index (κ2) is 6.90. The molecular formula is C18H21N3O2S2. The average molecular weight is 376 g/mol. The van der Waals surface area contributed by atoms with E-state index in [1.165, 1.54) is 0 Å². The summed E-state index contributed by atoms with van der Waals surface area (Å²) in [5, 5.41) is 0. The molecule has 0 radical (unpaired) electrons. The fourth-order valence-corrected chi connectivity index (χ4v) is 6.14. The first kappa shape index (κ1) is 16.8. The van der Waals surface area contributed by atoms with Crippen LogP contribution in [0.4, 0.5) is 11.4 Å². The van der Waals surface area contributed by atoms with Gasteiger partial charge in [0.25, 0.3) is 0 Å². The zero-order chi connectivity index (χ0) is 17.3. The molecule has 5 nitrogen and oxygen atoms in total. The minimum absolute atomic E-state index is 0.517. The summed E-state index contributed by atoms with van der Waals surface area (Å²) in [4.78, 5) is 3.28. The molecule has 1 saturated heterocycles. The molecule has 0 saturated carbocycles. The Morgan fingerprint density at radius 2 is 1.48 bits per heavy atom. The Labute approximate surface area is 153 Å². The molecular weight excluding hydrogens is 354 g/mol. The second-order valence-electron chi connectivity index (χ2n) is 6.12. The fourth-order valence-electron chi connectivity index (χ4n) is 3.34. The predicted molar refractivity (Wildman–Crippen MR) is 104 cm³/mol. The Bertz CT molecular complexity index is 834. The topological polar surface area (TPSA) is 43.9 Å². The highest BCUT2D eigenvalue weighted by Gasteiger charge is 2.34. The van der Waals surface area contributed by atoms with Gasteiger partial charge >= 0.3 is 10.2 Å². The molecule has 25 heavy (non-hydrogen) atoms. The lowest BCUT2D eigenvalue weighted by Crippen LogP contribution is -2.54. The lowest BCUT2D eigenvalue weighted by Gasteiger charge is -2.39. The summed E-state index contributed by atoms with van der Waals surface area (Å²) in [7, 11) is -3.48. The molecule has 132 valence electrons. The maximum absolute atomic E-state index is 13.2. The van der Waals surface area contributed by atoms with Gasteiger partial charge in [0.1, 0.15) is 0 Å². The zero-order valence-corrected chi connectivity index (χ0v) is 15.5. The molecule has 2 aliphatic rings. The molecule has 2 heterocycles. The minimum atomic E-state index is -3.48. The molecule has 0 spiro atoms. The van der Waals surface area contributed by atoms with Crippen molar-refractivity contribution >= 4 is 33.3 Å². The molecule has 0 amide bonds. The molecule has 0 aliphatic carbocycles. The quantitative estimate of drug-likeness (QED) is 0.827. The first-order valence-corrected chi connectivity index (χ1v) is 10.8. The van der Waals surface area contributed by atoms with Crippen molar-refractivity contribution in [1.29, 1.82) is 0 Å². The standard InChI is InChI=1S/C18H21N3O2S2/c22-25(23,21-14-15-24-18-9-5-4-8-17(18)21)20-12-10-19(11-13-20)16-6-2-1-3-7-16/h1-9H,10-15H2. The molecule has 1 fully saturated rings. The van der Waals surface area contributed by atoms with Gasteiger partial charge in [0.2, 0.25) is 0 Å². The molecule has 2 aliphatic heterocycles. The van der Waals surface area contributed by atoms with Gasteiger partial charge in [-0.05, 0) is 24.3 Å². The van der Waals surface area contributed by atoms with Gasteiger partial charge in [-0.1, -0.05) is 30.3 Å². The highest BCUT2D eigenvalue weighted by Crippen LogP contribution is 2.36. The molecule has 0 atom stereocenters. The zero-order valence-electron chi connectivity index (χ0n) is 13.9. The van der Waals surface area contributed by atoms with Crippen molar-refractivity contribution in [2.45, 2.75) is 4.90 Å². The molecule has 0 N–H and O–H groups in total. The third-order valence-electron chi connectivity index (χ3n) is 4.65. The second-order valence-corrected chi connectivity index (χ2v) is 9.11. The number of thioether (sulfide) groups is 1. The van der Waals surface area contributed by atoms with Crippen molar-refractivity contribution in [3.05, 3.63) is 54.6 Å².